The first kappa shape index (κ1) is 17.3. The molecular formula is C20H22N4O3. The van der Waals surface area contributed by atoms with Crippen LogP contribution in [0.4, 0.5) is 10.5 Å². The molecule has 140 valence electrons. The number of likely N-dealkylation sites (tertiary alicyclic amines) is 1. The smallest absolute Gasteiger partial charge is 0.317 e. The Bertz CT molecular complexity index is 836. The summed E-state index contributed by atoms with van der Waals surface area (Å²) < 4.78 is 5.22. The van der Waals surface area contributed by atoms with Crippen LogP contribution in [-0.4, -0.2) is 54.6 Å². The number of amides is 3. The average molecular weight is 366 g/mol. The number of urea groups is 1. The number of nitrogens with one attached hydrogen (secondary N) is 1. The third-order valence-corrected chi connectivity index (χ3v) is 5.09. The molecular weight excluding hydrogens is 344 g/mol. The van der Waals surface area contributed by atoms with Gasteiger partial charge in [0.05, 0.1) is 13.2 Å². The molecule has 2 aliphatic heterocycles. The minimum absolute atomic E-state index is 0.00326. The minimum atomic E-state index is -0.190. The molecule has 1 aromatic heterocycles. The van der Waals surface area contributed by atoms with Crippen LogP contribution in [0.1, 0.15) is 18.0 Å². The fourth-order valence-corrected chi connectivity index (χ4v) is 3.55. The summed E-state index contributed by atoms with van der Waals surface area (Å²) in [5.74, 6) is 0.993. The third kappa shape index (κ3) is 3.58. The van der Waals surface area contributed by atoms with Crippen molar-refractivity contribution in [1.82, 2.24) is 15.2 Å². The lowest BCUT2D eigenvalue weighted by Crippen LogP contribution is -2.55. The summed E-state index contributed by atoms with van der Waals surface area (Å²) in [5.41, 5.74) is 1.80. The summed E-state index contributed by atoms with van der Waals surface area (Å²) >= 11 is 0. The molecule has 1 atom stereocenters. The maximum Gasteiger partial charge on any atom is 0.317 e. The molecule has 2 aliphatic rings. The fourth-order valence-electron chi connectivity index (χ4n) is 3.55. The van der Waals surface area contributed by atoms with E-state index in [4.69, 9.17) is 4.74 Å². The number of rotatable bonds is 4. The standard InChI is InChI=1S/C20H22N4O3/c1-27-17-6-4-5-16(10-17)24-13-15(9-19(24)25)22-20(26)23-11-14(12-23)18-7-2-3-8-21-18/h2-8,10,14-15H,9,11-13H2,1H3,(H,22,26). The van der Waals surface area contributed by atoms with E-state index in [1.165, 1.54) is 0 Å². The lowest BCUT2D eigenvalue weighted by atomic mass is 9.96. The van der Waals surface area contributed by atoms with Crippen molar-refractivity contribution in [3.05, 3.63) is 54.4 Å². The van der Waals surface area contributed by atoms with Crippen LogP contribution < -0.4 is 15.0 Å². The van der Waals surface area contributed by atoms with E-state index in [0.717, 1.165) is 11.4 Å². The number of hydrogen-bond acceptors (Lipinski definition) is 4. The molecule has 1 unspecified atom stereocenters. The van der Waals surface area contributed by atoms with Crippen LogP contribution >= 0.6 is 0 Å². The Hall–Kier alpha value is -3.09. The second-order valence-electron chi connectivity index (χ2n) is 6.91. The van der Waals surface area contributed by atoms with E-state index < -0.39 is 0 Å². The first-order valence-corrected chi connectivity index (χ1v) is 9.05. The normalized spacial score (nSPS) is 19.7. The molecule has 4 rings (SSSR count). The van der Waals surface area contributed by atoms with Crippen molar-refractivity contribution in [1.29, 1.82) is 0 Å². The first-order valence-electron chi connectivity index (χ1n) is 9.05. The molecule has 3 heterocycles. The Morgan fingerprint density at radius 3 is 2.78 bits per heavy atom. The highest BCUT2D eigenvalue weighted by Crippen LogP contribution is 2.27. The number of pyridine rings is 1. The summed E-state index contributed by atoms with van der Waals surface area (Å²) in [4.78, 5) is 32.6. The van der Waals surface area contributed by atoms with Crippen molar-refractivity contribution < 1.29 is 14.3 Å². The summed E-state index contributed by atoms with van der Waals surface area (Å²) in [5, 5.41) is 2.98. The number of carbonyl (C=O) groups is 2. The topological polar surface area (TPSA) is 74.8 Å². The van der Waals surface area contributed by atoms with Crippen molar-refractivity contribution in [3.8, 4) is 5.75 Å². The van der Waals surface area contributed by atoms with E-state index in [0.29, 0.717) is 31.8 Å². The molecule has 0 spiro atoms. The number of hydrogen-bond donors (Lipinski definition) is 1. The highest BCUT2D eigenvalue weighted by Gasteiger charge is 2.36. The van der Waals surface area contributed by atoms with Crippen LogP contribution in [0.2, 0.25) is 0 Å². The van der Waals surface area contributed by atoms with Crippen LogP contribution in [0.3, 0.4) is 0 Å². The largest absolute Gasteiger partial charge is 0.497 e. The van der Waals surface area contributed by atoms with Crippen molar-refractivity contribution in [2.75, 3.05) is 31.6 Å². The van der Waals surface area contributed by atoms with E-state index in [1.807, 2.05) is 42.5 Å². The zero-order valence-electron chi connectivity index (χ0n) is 15.2. The lowest BCUT2D eigenvalue weighted by Gasteiger charge is -2.39. The van der Waals surface area contributed by atoms with Gasteiger partial charge >= 0.3 is 6.03 Å². The maximum atomic E-state index is 12.5. The minimum Gasteiger partial charge on any atom is -0.497 e. The first-order chi connectivity index (χ1) is 13.1. The van der Waals surface area contributed by atoms with Gasteiger partial charge in [-0.25, -0.2) is 4.79 Å². The van der Waals surface area contributed by atoms with E-state index in [9.17, 15) is 9.59 Å². The van der Waals surface area contributed by atoms with Gasteiger partial charge in [0.15, 0.2) is 0 Å². The van der Waals surface area contributed by atoms with Crippen LogP contribution in [0, 0.1) is 0 Å². The van der Waals surface area contributed by atoms with E-state index in [2.05, 4.69) is 10.3 Å². The number of nitrogens with zero attached hydrogens (tertiary/aromatic N) is 3. The van der Waals surface area contributed by atoms with Gasteiger partial charge in [0.2, 0.25) is 5.91 Å². The molecule has 1 N–H and O–H groups in total. The van der Waals surface area contributed by atoms with Gasteiger partial charge < -0.3 is 19.9 Å². The van der Waals surface area contributed by atoms with Gasteiger partial charge in [-0.2, -0.15) is 0 Å². The van der Waals surface area contributed by atoms with Crippen LogP contribution in [-0.2, 0) is 4.79 Å². The summed E-state index contributed by atoms with van der Waals surface area (Å²) in [6.07, 6.45) is 2.08. The van der Waals surface area contributed by atoms with Gasteiger partial charge in [0, 0.05) is 55.6 Å². The molecule has 2 fully saturated rings. The fraction of sp³-hybridized carbons (Fsp3) is 0.350. The Labute approximate surface area is 157 Å². The number of carbonyl (C=O) groups excluding carboxylic acids is 2. The number of ether oxygens (including phenoxy) is 1. The van der Waals surface area contributed by atoms with Gasteiger partial charge in [-0.1, -0.05) is 12.1 Å². The quantitative estimate of drug-likeness (QED) is 0.898. The SMILES string of the molecule is COc1cccc(N2CC(NC(=O)N3CC(c4ccccn4)C3)CC2=O)c1. The maximum absolute atomic E-state index is 12.5. The zero-order chi connectivity index (χ0) is 18.8. The molecule has 2 aromatic rings. The Kier molecular flexibility index (Phi) is 4.66. The zero-order valence-corrected chi connectivity index (χ0v) is 15.2. The van der Waals surface area contributed by atoms with E-state index in [1.54, 1.807) is 23.1 Å². The van der Waals surface area contributed by atoms with Crippen LogP contribution in [0.15, 0.2) is 48.7 Å². The van der Waals surface area contributed by atoms with E-state index >= 15 is 0 Å². The number of aromatic nitrogens is 1. The molecule has 27 heavy (non-hydrogen) atoms. The van der Waals surface area contributed by atoms with Crippen molar-refractivity contribution in [2.45, 2.75) is 18.4 Å². The predicted molar refractivity (Wildman–Crippen MR) is 101 cm³/mol. The summed E-state index contributed by atoms with van der Waals surface area (Å²) in [6, 6.07) is 12.9. The summed E-state index contributed by atoms with van der Waals surface area (Å²) in [6.45, 7) is 1.78. The average Bonchev–Trinajstić information content (AvgIpc) is 3.01. The monoisotopic (exact) mass is 366 g/mol. The highest BCUT2D eigenvalue weighted by molar-refractivity contribution is 5.97. The molecule has 2 saturated heterocycles. The van der Waals surface area contributed by atoms with Crippen molar-refractivity contribution >= 4 is 17.6 Å². The molecule has 7 nitrogen and oxygen atoms in total. The molecule has 7 heteroatoms. The third-order valence-electron chi connectivity index (χ3n) is 5.09. The number of benzene rings is 1. The molecule has 3 amide bonds. The summed E-state index contributed by atoms with van der Waals surface area (Å²) in [7, 11) is 1.60. The van der Waals surface area contributed by atoms with Crippen molar-refractivity contribution in [3.63, 3.8) is 0 Å². The Morgan fingerprint density at radius 2 is 2.04 bits per heavy atom. The van der Waals surface area contributed by atoms with Crippen LogP contribution in [0.25, 0.3) is 0 Å². The number of methoxy groups -OCH3 is 1. The van der Waals surface area contributed by atoms with Gasteiger partial charge in [-0.15, -0.1) is 0 Å². The van der Waals surface area contributed by atoms with Gasteiger partial charge in [-0.05, 0) is 24.3 Å². The van der Waals surface area contributed by atoms with Crippen molar-refractivity contribution in [2.24, 2.45) is 0 Å². The Morgan fingerprint density at radius 1 is 1.19 bits per heavy atom. The molecule has 0 saturated carbocycles. The molecule has 0 aliphatic carbocycles. The Balaban J connectivity index is 1.32. The molecule has 1 aromatic carbocycles. The van der Waals surface area contributed by atoms with Gasteiger partial charge in [0.25, 0.3) is 0 Å². The lowest BCUT2D eigenvalue weighted by molar-refractivity contribution is -0.117. The highest BCUT2D eigenvalue weighted by atomic mass is 16.5. The number of anilines is 1. The van der Waals surface area contributed by atoms with Crippen LogP contribution in [0.5, 0.6) is 5.75 Å². The second-order valence-corrected chi connectivity index (χ2v) is 6.91. The second kappa shape index (κ2) is 7.26. The van der Waals surface area contributed by atoms with E-state index in [-0.39, 0.29) is 23.9 Å². The molecule has 0 radical (unpaired) electrons. The predicted octanol–water partition coefficient (Wildman–Crippen LogP) is 2.00. The van der Waals surface area contributed by atoms with Gasteiger partial charge in [0.1, 0.15) is 5.75 Å². The molecule has 0 bridgehead atoms. The van der Waals surface area contributed by atoms with Gasteiger partial charge in [-0.3, -0.25) is 9.78 Å².